The molecule has 0 radical (unpaired) electrons. The molecule has 0 aromatic carbocycles. The highest BCUT2D eigenvalue weighted by Gasteiger charge is 2.14. The Bertz CT molecular complexity index is 604. The lowest BCUT2D eigenvalue weighted by Gasteiger charge is -2.05. The molecule has 2 aromatic rings. The molecule has 1 amide bonds. The lowest BCUT2D eigenvalue weighted by atomic mass is 10.2. The molecule has 0 saturated heterocycles. The van der Waals surface area contributed by atoms with Gasteiger partial charge in [-0.1, -0.05) is 0 Å². The van der Waals surface area contributed by atoms with Crippen molar-refractivity contribution in [3.8, 4) is 5.75 Å². The van der Waals surface area contributed by atoms with Gasteiger partial charge < -0.3 is 10.4 Å². The maximum atomic E-state index is 12.0. The Morgan fingerprint density at radius 2 is 2.11 bits per heavy atom. The highest BCUT2D eigenvalue weighted by molar-refractivity contribution is 6.04. The molecule has 0 fully saturated rings. The summed E-state index contributed by atoms with van der Waals surface area (Å²) < 4.78 is 1.70. The van der Waals surface area contributed by atoms with Gasteiger partial charge in [-0.25, -0.2) is 0 Å². The van der Waals surface area contributed by atoms with Gasteiger partial charge in [0.25, 0.3) is 5.91 Å². The molecular weight excluding hydrogens is 232 g/mol. The van der Waals surface area contributed by atoms with Gasteiger partial charge in [-0.2, -0.15) is 5.10 Å². The van der Waals surface area contributed by atoms with Crippen molar-refractivity contribution >= 4 is 11.6 Å². The predicted molar refractivity (Wildman–Crippen MR) is 66.5 cm³/mol. The fourth-order valence-corrected chi connectivity index (χ4v) is 1.69. The van der Waals surface area contributed by atoms with Crippen molar-refractivity contribution in [2.75, 3.05) is 5.32 Å². The fraction of sp³-hybridized carbons (Fsp3) is 0.250. The summed E-state index contributed by atoms with van der Waals surface area (Å²) in [6.07, 6.45) is 2.67. The van der Waals surface area contributed by atoms with Crippen LogP contribution in [0, 0.1) is 13.8 Å². The molecular formula is C12H14N4O2. The smallest absolute Gasteiger partial charge is 0.257 e. The van der Waals surface area contributed by atoms with Crippen LogP contribution in [0.5, 0.6) is 5.75 Å². The second-order valence-electron chi connectivity index (χ2n) is 4.06. The molecule has 0 aliphatic heterocycles. The van der Waals surface area contributed by atoms with Crippen molar-refractivity contribution in [1.29, 1.82) is 0 Å². The first kappa shape index (κ1) is 12.1. The molecule has 6 nitrogen and oxygen atoms in total. The van der Waals surface area contributed by atoms with Crippen molar-refractivity contribution in [1.82, 2.24) is 14.8 Å². The van der Waals surface area contributed by atoms with Gasteiger partial charge in [0.2, 0.25) is 0 Å². The Kier molecular flexibility index (Phi) is 3.01. The van der Waals surface area contributed by atoms with E-state index in [9.17, 15) is 9.90 Å². The van der Waals surface area contributed by atoms with E-state index < -0.39 is 0 Å². The summed E-state index contributed by atoms with van der Waals surface area (Å²) in [4.78, 5) is 15.7. The molecule has 94 valence electrons. The van der Waals surface area contributed by atoms with Gasteiger partial charge in [-0.05, 0) is 19.9 Å². The van der Waals surface area contributed by atoms with E-state index in [-0.39, 0.29) is 11.7 Å². The Morgan fingerprint density at radius 1 is 1.39 bits per heavy atom. The molecule has 2 aromatic heterocycles. The summed E-state index contributed by atoms with van der Waals surface area (Å²) >= 11 is 0. The Balaban J connectivity index is 2.27. The molecule has 0 atom stereocenters. The van der Waals surface area contributed by atoms with Crippen LogP contribution < -0.4 is 5.32 Å². The number of aromatic hydroxyl groups is 1. The Morgan fingerprint density at radius 3 is 2.67 bits per heavy atom. The third kappa shape index (κ3) is 2.17. The van der Waals surface area contributed by atoms with Crippen LogP contribution in [-0.4, -0.2) is 25.8 Å². The van der Waals surface area contributed by atoms with Gasteiger partial charge >= 0.3 is 0 Å². The van der Waals surface area contributed by atoms with Crippen molar-refractivity contribution in [3.05, 3.63) is 35.4 Å². The Labute approximate surface area is 104 Å². The Hall–Kier alpha value is -2.37. The van der Waals surface area contributed by atoms with E-state index in [0.29, 0.717) is 11.3 Å². The summed E-state index contributed by atoms with van der Waals surface area (Å²) in [5.74, 6) is -0.361. The molecule has 2 rings (SSSR count). The van der Waals surface area contributed by atoms with Crippen molar-refractivity contribution in [2.24, 2.45) is 7.05 Å². The average molecular weight is 246 g/mol. The number of amides is 1. The minimum absolute atomic E-state index is 0.0396. The molecule has 0 aliphatic rings. The number of hydrogen-bond donors (Lipinski definition) is 2. The normalized spacial score (nSPS) is 10.4. The molecule has 18 heavy (non-hydrogen) atoms. The molecule has 0 aliphatic carbocycles. The van der Waals surface area contributed by atoms with Crippen LogP contribution in [-0.2, 0) is 7.05 Å². The summed E-state index contributed by atoms with van der Waals surface area (Å²) in [7, 11) is 1.81. The molecule has 0 spiro atoms. The van der Waals surface area contributed by atoms with Crippen LogP contribution in [0.3, 0.4) is 0 Å². The lowest BCUT2D eigenvalue weighted by Crippen LogP contribution is -2.13. The van der Waals surface area contributed by atoms with Crippen LogP contribution in [0.4, 0.5) is 5.69 Å². The zero-order valence-electron chi connectivity index (χ0n) is 10.4. The quantitative estimate of drug-likeness (QED) is 0.839. The SMILES string of the molecule is Cc1nn(C)c(C)c1NC(=O)c1cncc(O)c1. The van der Waals surface area contributed by atoms with Gasteiger partial charge in [-0.3, -0.25) is 14.5 Å². The number of aryl methyl sites for hydroxylation is 2. The van der Waals surface area contributed by atoms with Crippen LogP contribution >= 0.6 is 0 Å². The number of nitrogens with zero attached hydrogens (tertiary/aromatic N) is 3. The third-order valence-corrected chi connectivity index (χ3v) is 2.73. The summed E-state index contributed by atoms with van der Waals surface area (Å²) in [5.41, 5.74) is 2.61. The van der Waals surface area contributed by atoms with Crippen LogP contribution in [0.2, 0.25) is 0 Å². The van der Waals surface area contributed by atoms with Crippen LogP contribution in [0.25, 0.3) is 0 Å². The van der Waals surface area contributed by atoms with E-state index in [1.54, 1.807) is 4.68 Å². The topological polar surface area (TPSA) is 80.0 Å². The maximum Gasteiger partial charge on any atom is 0.257 e. The lowest BCUT2D eigenvalue weighted by molar-refractivity contribution is 0.102. The van der Waals surface area contributed by atoms with Gasteiger partial charge in [0, 0.05) is 13.2 Å². The zero-order chi connectivity index (χ0) is 13.3. The minimum atomic E-state index is -0.322. The highest BCUT2D eigenvalue weighted by Crippen LogP contribution is 2.19. The van der Waals surface area contributed by atoms with Crippen LogP contribution in [0.1, 0.15) is 21.7 Å². The minimum Gasteiger partial charge on any atom is -0.506 e. The number of rotatable bonds is 2. The first-order valence-corrected chi connectivity index (χ1v) is 5.44. The fourth-order valence-electron chi connectivity index (χ4n) is 1.69. The van der Waals surface area contributed by atoms with Gasteiger partial charge in [0.05, 0.1) is 28.8 Å². The number of nitrogens with one attached hydrogen (secondary N) is 1. The first-order valence-electron chi connectivity index (χ1n) is 5.44. The van der Waals surface area contributed by atoms with Crippen molar-refractivity contribution < 1.29 is 9.90 Å². The molecule has 0 saturated carbocycles. The van der Waals surface area contributed by atoms with E-state index >= 15 is 0 Å². The molecule has 2 N–H and O–H groups in total. The van der Waals surface area contributed by atoms with Crippen LogP contribution in [0.15, 0.2) is 18.5 Å². The zero-order valence-corrected chi connectivity index (χ0v) is 10.4. The molecule has 0 bridgehead atoms. The second kappa shape index (κ2) is 4.48. The first-order chi connectivity index (χ1) is 8.49. The number of anilines is 1. The van der Waals surface area contributed by atoms with E-state index in [1.807, 2.05) is 20.9 Å². The summed E-state index contributed by atoms with van der Waals surface area (Å²) in [5, 5.41) is 16.3. The maximum absolute atomic E-state index is 12.0. The van der Waals surface area contributed by atoms with E-state index in [4.69, 9.17) is 0 Å². The molecule has 6 heteroatoms. The summed E-state index contributed by atoms with van der Waals surface area (Å²) in [6.45, 7) is 3.69. The monoisotopic (exact) mass is 246 g/mol. The third-order valence-electron chi connectivity index (χ3n) is 2.73. The molecule has 0 unspecified atom stereocenters. The number of hydrogen-bond acceptors (Lipinski definition) is 4. The predicted octanol–water partition coefficient (Wildman–Crippen LogP) is 1.39. The van der Waals surface area contributed by atoms with Gasteiger partial charge in [0.15, 0.2) is 0 Å². The number of carbonyl (C=O) groups excluding carboxylic acids is 1. The number of pyridine rings is 1. The second-order valence-corrected chi connectivity index (χ2v) is 4.06. The summed E-state index contributed by atoms with van der Waals surface area (Å²) in [6, 6.07) is 1.36. The van der Waals surface area contributed by atoms with Gasteiger partial charge in [0.1, 0.15) is 5.75 Å². The largest absolute Gasteiger partial charge is 0.506 e. The van der Waals surface area contributed by atoms with Crippen molar-refractivity contribution in [3.63, 3.8) is 0 Å². The van der Waals surface area contributed by atoms with Crippen molar-refractivity contribution in [2.45, 2.75) is 13.8 Å². The molecule has 2 heterocycles. The van der Waals surface area contributed by atoms with E-state index in [1.165, 1.54) is 18.5 Å². The highest BCUT2D eigenvalue weighted by atomic mass is 16.3. The standard InChI is InChI=1S/C12H14N4O2/c1-7-11(8(2)16(3)15-7)14-12(18)9-4-10(17)6-13-5-9/h4-6,17H,1-3H3,(H,14,18). The number of carbonyl (C=O) groups is 1. The average Bonchev–Trinajstić information content (AvgIpc) is 2.56. The van der Waals surface area contributed by atoms with E-state index in [0.717, 1.165) is 11.4 Å². The van der Waals surface area contributed by atoms with E-state index in [2.05, 4.69) is 15.4 Å². The number of aromatic nitrogens is 3. The van der Waals surface area contributed by atoms with Gasteiger partial charge in [-0.15, -0.1) is 0 Å².